The molecule has 0 aliphatic carbocycles. The zero-order valence-corrected chi connectivity index (χ0v) is 6.24. The van der Waals surface area contributed by atoms with Gasteiger partial charge in [0.25, 0.3) is 0 Å². The highest BCUT2D eigenvalue weighted by molar-refractivity contribution is 4.75. The molecule has 0 amide bonds. The third-order valence-electron chi connectivity index (χ3n) is 2.26. The van der Waals surface area contributed by atoms with Crippen molar-refractivity contribution < 1.29 is 4.84 Å². The van der Waals surface area contributed by atoms with Crippen LogP contribution >= 0.6 is 0 Å². The summed E-state index contributed by atoms with van der Waals surface area (Å²) in [5.41, 5.74) is 3.41. The molecule has 54 valence electrons. The highest BCUT2D eigenvalue weighted by atomic mass is 16.6. The third-order valence-corrected chi connectivity index (χ3v) is 2.26. The number of nitrogens with one attached hydrogen (secondary N) is 1. The maximum Gasteiger partial charge on any atom is 0.0687 e. The van der Waals surface area contributed by atoms with E-state index in [1.54, 1.807) is 0 Å². The molecule has 0 aromatic rings. The molecule has 0 spiro atoms. The number of hydrogen-bond donors (Lipinski definition) is 1. The van der Waals surface area contributed by atoms with Crippen LogP contribution in [0.15, 0.2) is 0 Å². The fourth-order valence-electron chi connectivity index (χ4n) is 0.985. The van der Waals surface area contributed by atoms with Crippen molar-refractivity contribution in [2.24, 2.45) is 5.41 Å². The Kier molecular flexibility index (Phi) is 2.09. The van der Waals surface area contributed by atoms with Gasteiger partial charge in [-0.15, -0.1) is 0 Å². The van der Waals surface area contributed by atoms with Gasteiger partial charge in [0.1, 0.15) is 0 Å². The Morgan fingerprint density at radius 2 is 2.44 bits per heavy atom. The summed E-state index contributed by atoms with van der Waals surface area (Å²) in [5, 5.41) is 0. The standard InChI is InChI=1S/C7H15NO/c1-3-7(2)4-5-9-8-6-7/h8H,3-6H2,1-2H3. The molecule has 2 nitrogen and oxygen atoms in total. The molecule has 1 unspecified atom stereocenters. The zero-order valence-electron chi connectivity index (χ0n) is 6.24. The molecule has 0 bridgehead atoms. The van der Waals surface area contributed by atoms with E-state index in [2.05, 4.69) is 19.3 Å². The van der Waals surface area contributed by atoms with Gasteiger partial charge in [-0.05, 0) is 18.3 Å². The van der Waals surface area contributed by atoms with Gasteiger partial charge in [0, 0.05) is 6.54 Å². The maximum absolute atomic E-state index is 5.02. The van der Waals surface area contributed by atoms with E-state index in [0.29, 0.717) is 5.41 Å². The van der Waals surface area contributed by atoms with Gasteiger partial charge in [0.15, 0.2) is 0 Å². The average molecular weight is 129 g/mol. The normalized spacial score (nSPS) is 36.7. The molecule has 1 rings (SSSR count). The molecule has 1 N–H and O–H groups in total. The average Bonchev–Trinajstić information content (AvgIpc) is 1.90. The van der Waals surface area contributed by atoms with E-state index >= 15 is 0 Å². The summed E-state index contributed by atoms with van der Waals surface area (Å²) >= 11 is 0. The minimum absolute atomic E-state index is 0.484. The van der Waals surface area contributed by atoms with E-state index in [0.717, 1.165) is 13.2 Å². The first-order chi connectivity index (χ1) is 4.27. The van der Waals surface area contributed by atoms with Crippen molar-refractivity contribution in [3.8, 4) is 0 Å². The molecule has 1 atom stereocenters. The van der Waals surface area contributed by atoms with Crippen LogP contribution in [-0.2, 0) is 4.84 Å². The predicted octanol–water partition coefficient (Wildman–Crippen LogP) is 1.33. The van der Waals surface area contributed by atoms with Crippen LogP contribution in [0.2, 0.25) is 0 Å². The smallest absolute Gasteiger partial charge is 0.0687 e. The van der Waals surface area contributed by atoms with E-state index in [1.807, 2.05) is 0 Å². The monoisotopic (exact) mass is 129 g/mol. The van der Waals surface area contributed by atoms with E-state index in [-0.39, 0.29) is 0 Å². The largest absolute Gasteiger partial charge is 0.302 e. The molecule has 1 aliphatic heterocycles. The van der Waals surface area contributed by atoms with E-state index < -0.39 is 0 Å². The van der Waals surface area contributed by atoms with Crippen molar-refractivity contribution in [1.82, 2.24) is 5.48 Å². The van der Waals surface area contributed by atoms with Crippen LogP contribution in [0.25, 0.3) is 0 Å². The van der Waals surface area contributed by atoms with E-state index in [9.17, 15) is 0 Å². The lowest BCUT2D eigenvalue weighted by Crippen LogP contribution is -2.38. The first-order valence-corrected chi connectivity index (χ1v) is 3.61. The van der Waals surface area contributed by atoms with Crippen molar-refractivity contribution in [2.75, 3.05) is 13.2 Å². The highest BCUT2D eigenvalue weighted by Crippen LogP contribution is 2.26. The zero-order chi connectivity index (χ0) is 6.74. The minimum Gasteiger partial charge on any atom is -0.302 e. The lowest BCUT2D eigenvalue weighted by atomic mass is 9.84. The van der Waals surface area contributed by atoms with Crippen LogP contribution in [0, 0.1) is 5.41 Å². The lowest BCUT2D eigenvalue weighted by molar-refractivity contribution is -0.0413. The Bertz CT molecular complexity index is 86.9. The molecule has 1 saturated heterocycles. The van der Waals surface area contributed by atoms with Crippen LogP contribution in [0.3, 0.4) is 0 Å². The summed E-state index contributed by atoms with van der Waals surface area (Å²) in [5.74, 6) is 0. The summed E-state index contributed by atoms with van der Waals surface area (Å²) in [6, 6.07) is 0. The number of hydrogen-bond acceptors (Lipinski definition) is 2. The van der Waals surface area contributed by atoms with Crippen LogP contribution in [0.5, 0.6) is 0 Å². The number of rotatable bonds is 1. The SMILES string of the molecule is CCC1(C)CCONC1. The Morgan fingerprint density at radius 3 is 2.78 bits per heavy atom. The molecule has 1 heterocycles. The second-order valence-electron chi connectivity index (χ2n) is 3.08. The Labute approximate surface area is 56.5 Å². The maximum atomic E-state index is 5.02. The molecule has 0 radical (unpaired) electrons. The van der Waals surface area contributed by atoms with Crippen LogP contribution in [0.1, 0.15) is 26.7 Å². The molecule has 0 saturated carbocycles. The van der Waals surface area contributed by atoms with Crippen molar-refractivity contribution >= 4 is 0 Å². The Balaban J connectivity index is 2.37. The summed E-state index contributed by atoms with van der Waals surface area (Å²) in [6.07, 6.45) is 2.43. The van der Waals surface area contributed by atoms with Gasteiger partial charge in [-0.3, -0.25) is 0 Å². The summed E-state index contributed by atoms with van der Waals surface area (Å²) < 4.78 is 0. The lowest BCUT2D eigenvalue weighted by Gasteiger charge is -2.32. The first-order valence-electron chi connectivity index (χ1n) is 3.61. The molecule has 0 aromatic carbocycles. The van der Waals surface area contributed by atoms with Crippen LogP contribution < -0.4 is 5.48 Å². The van der Waals surface area contributed by atoms with Gasteiger partial charge in [-0.25, -0.2) is 5.48 Å². The van der Waals surface area contributed by atoms with Crippen molar-refractivity contribution in [3.63, 3.8) is 0 Å². The topological polar surface area (TPSA) is 21.3 Å². The molecular weight excluding hydrogens is 114 g/mol. The van der Waals surface area contributed by atoms with Gasteiger partial charge in [0.2, 0.25) is 0 Å². The Morgan fingerprint density at radius 1 is 1.67 bits per heavy atom. The van der Waals surface area contributed by atoms with Gasteiger partial charge in [-0.2, -0.15) is 0 Å². The second-order valence-corrected chi connectivity index (χ2v) is 3.08. The summed E-state index contributed by atoms with van der Waals surface area (Å²) in [7, 11) is 0. The minimum atomic E-state index is 0.484. The molecule has 0 aromatic heterocycles. The summed E-state index contributed by atoms with van der Waals surface area (Å²) in [4.78, 5) is 5.02. The van der Waals surface area contributed by atoms with Crippen LogP contribution in [-0.4, -0.2) is 13.2 Å². The Hall–Kier alpha value is -0.0800. The third kappa shape index (κ3) is 1.66. The van der Waals surface area contributed by atoms with Crippen molar-refractivity contribution in [3.05, 3.63) is 0 Å². The molecule has 1 fully saturated rings. The van der Waals surface area contributed by atoms with Gasteiger partial charge in [0.05, 0.1) is 6.61 Å². The van der Waals surface area contributed by atoms with Gasteiger partial charge >= 0.3 is 0 Å². The van der Waals surface area contributed by atoms with Gasteiger partial charge in [-0.1, -0.05) is 13.8 Å². The summed E-state index contributed by atoms with van der Waals surface area (Å²) in [6.45, 7) is 6.39. The quantitative estimate of drug-likeness (QED) is 0.576. The van der Waals surface area contributed by atoms with E-state index in [4.69, 9.17) is 4.84 Å². The molecular formula is C7H15NO. The number of hydroxylamine groups is 1. The van der Waals surface area contributed by atoms with Crippen molar-refractivity contribution in [2.45, 2.75) is 26.7 Å². The van der Waals surface area contributed by atoms with Gasteiger partial charge < -0.3 is 4.84 Å². The van der Waals surface area contributed by atoms with Crippen LogP contribution in [0.4, 0.5) is 0 Å². The highest BCUT2D eigenvalue weighted by Gasteiger charge is 2.24. The van der Waals surface area contributed by atoms with Crippen molar-refractivity contribution in [1.29, 1.82) is 0 Å². The molecule has 2 heteroatoms. The fraction of sp³-hybridized carbons (Fsp3) is 1.00. The fourth-order valence-corrected chi connectivity index (χ4v) is 0.985. The predicted molar refractivity (Wildman–Crippen MR) is 37.0 cm³/mol. The molecule has 9 heavy (non-hydrogen) atoms. The first kappa shape index (κ1) is 7.03. The second kappa shape index (κ2) is 2.67. The molecule has 1 aliphatic rings. The van der Waals surface area contributed by atoms with E-state index in [1.165, 1.54) is 12.8 Å².